The highest BCUT2D eigenvalue weighted by Crippen LogP contribution is 2.27. The van der Waals surface area contributed by atoms with Crippen molar-refractivity contribution in [1.82, 2.24) is 24.5 Å². The molecule has 4 aromatic rings. The van der Waals surface area contributed by atoms with E-state index in [0.717, 1.165) is 18.3 Å². The van der Waals surface area contributed by atoms with Crippen molar-refractivity contribution in [3.05, 3.63) is 90.8 Å². The Bertz CT molecular complexity index is 1170. The Morgan fingerprint density at radius 1 is 1.06 bits per heavy atom. The van der Waals surface area contributed by atoms with E-state index in [1.165, 1.54) is 18.5 Å². The number of hydrogen-bond acceptors (Lipinski definition) is 8. The van der Waals surface area contributed by atoms with E-state index >= 15 is 0 Å². The average Bonchev–Trinajstić information content (AvgIpc) is 3.38. The van der Waals surface area contributed by atoms with Gasteiger partial charge in [-0.25, -0.2) is 23.7 Å². The largest absolute Gasteiger partial charge is 0.466 e. The Labute approximate surface area is 207 Å². The molecule has 36 heavy (non-hydrogen) atoms. The van der Waals surface area contributed by atoms with E-state index in [-0.39, 0.29) is 12.2 Å². The van der Waals surface area contributed by atoms with E-state index in [4.69, 9.17) is 0 Å². The molecule has 0 fully saturated rings. The molecule has 9 nitrogen and oxygen atoms in total. The summed E-state index contributed by atoms with van der Waals surface area (Å²) in [6.45, 7) is 2.28. The zero-order valence-electron chi connectivity index (χ0n) is 20.0. The van der Waals surface area contributed by atoms with Crippen molar-refractivity contribution in [2.24, 2.45) is 0 Å². The van der Waals surface area contributed by atoms with Gasteiger partial charge in [-0.1, -0.05) is 48.5 Å². The maximum absolute atomic E-state index is 13.3. The maximum atomic E-state index is 13.3. The molecule has 0 aliphatic heterocycles. The molecule has 0 atom stereocenters. The Morgan fingerprint density at radius 2 is 1.72 bits per heavy atom. The van der Waals surface area contributed by atoms with Crippen molar-refractivity contribution >= 4 is 18.4 Å². The summed E-state index contributed by atoms with van der Waals surface area (Å²) in [5, 5.41) is 3.07. The van der Waals surface area contributed by atoms with Crippen molar-refractivity contribution in [2.75, 3.05) is 30.4 Å². The molecular weight excluding hydrogens is 468 g/mol. The van der Waals surface area contributed by atoms with Gasteiger partial charge in [0.05, 0.1) is 25.1 Å². The van der Waals surface area contributed by atoms with Crippen molar-refractivity contribution in [3.63, 3.8) is 0 Å². The maximum Gasteiger partial charge on any atom is 0.293 e. The van der Waals surface area contributed by atoms with Crippen molar-refractivity contribution in [2.45, 2.75) is 19.4 Å². The molecule has 2 heterocycles. The van der Waals surface area contributed by atoms with E-state index in [9.17, 15) is 13.6 Å². The molecule has 0 spiro atoms. The van der Waals surface area contributed by atoms with E-state index < -0.39 is 5.92 Å². The van der Waals surface area contributed by atoms with Crippen molar-refractivity contribution in [1.29, 1.82) is 0 Å². The number of benzene rings is 2. The zero-order valence-corrected chi connectivity index (χ0v) is 20.0. The number of likely N-dealkylation sites (N-methyl/N-ethyl adjacent to an activating group) is 1. The van der Waals surface area contributed by atoms with Gasteiger partial charge in [0.1, 0.15) is 12.9 Å². The molecule has 0 aliphatic carbocycles. The Kier molecular flexibility index (Phi) is 9.38. The van der Waals surface area contributed by atoms with Crippen LogP contribution in [0.1, 0.15) is 18.2 Å². The molecule has 0 saturated heterocycles. The molecular formula is C25H27F2N7O2. The van der Waals surface area contributed by atoms with Crippen LogP contribution in [-0.2, 0) is 22.0 Å². The minimum atomic E-state index is -2.87. The third kappa shape index (κ3) is 8.12. The summed E-state index contributed by atoms with van der Waals surface area (Å²) >= 11 is 0. The third-order valence-corrected chi connectivity index (χ3v) is 4.92. The van der Waals surface area contributed by atoms with Crippen LogP contribution < -0.4 is 10.2 Å². The highest BCUT2D eigenvalue weighted by atomic mass is 19.3. The third-order valence-electron chi connectivity index (χ3n) is 4.92. The lowest BCUT2D eigenvalue weighted by molar-refractivity contribution is -0.128. The van der Waals surface area contributed by atoms with Gasteiger partial charge in [-0.15, -0.1) is 0 Å². The van der Waals surface area contributed by atoms with Crippen LogP contribution in [0.5, 0.6) is 0 Å². The Morgan fingerprint density at radius 3 is 2.33 bits per heavy atom. The first-order valence-electron chi connectivity index (χ1n) is 11.1. The van der Waals surface area contributed by atoms with Crippen LogP contribution in [0.2, 0.25) is 0 Å². The molecule has 0 amide bonds. The van der Waals surface area contributed by atoms with Crippen LogP contribution in [-0.4, -0.2) is 51.2 Å². The highest BCUT2D eigenvalue weighted by molar-refractivity contribution is 5.38. The van der Waals surface area contributed by atoms with Crippen LogP contribution in [0.4, 0.5) is 20.7 Å². The number of aromatic nitrogens is 5. The molecule has 2 aromatic heterocycles. The van der Waals surface area contributed by atoms with E-state index in [0.29, 0.717) is 31.5 Å². The fourth-order valence-corrected chi connectivity index (χ4v) is 2.97. The number of hydrogen-bond donors (Lipinski definition) is 1. The number of halogens is 2. The summed E-state index contributed by atoms with van der Waals surface area (Å²) in [7, 11) is 1.77. The summed E-state index contributed by atoms with van der Waals surface area (Å²) in [5.41, 5.74) is 1.40. The SMILES string of the molecule is CN(CCOC=O)c1ncnc(NCc2cn(-c3ccc(C(C)(F)F)cc3)cn2)n1.c1ccccc1. The summed E-state index contributed by atoms with van der Waals surface area (Å²) in [5.74, 6) is -2.07. The van der Waals surface area contributed by atoms with Gasteiger partial charge in [-0.05, 0) is 12.1 Å². The summed E-state index contributed by atoms with van der Waals surface area (Å²) in [6.07, 6.45) is 4.78. The van der Waals surface area contributed by atoms with Crippen LogP contribution >= 0.6 is 0 Å². The number of alkyl halides is 2. The number of carbonyl (C=O) groups is 1. The smallest absolute Gasteiger partial charge is 0.293 e. The quantitative estimate of drug-likeness (QED) is 0.260. The molecule has 0 radical (unpaired) electrons. The van der Waals surface area contributed by atoms with Gasteiger partial charge >= 0.3 is 0 Å². The van der Waals surface area contributed by atoms with E-state index in [1.807, 2.05) is 36.4 Å². The second-order valence-electron chi connectivity index (χ2n) is 7.71. The van der Waals surface area contributed by atoms with Crippen molar-refractivity contribution in [3.8, 4) is 5.69 Å². The Balaban J connectivity index is 0.000000526. The summed E-state index contributed by atoms with van der Waals surface area (Å²) in [4.78, 5) is 28.7. The fraction of sp³-hybridized carbons (Fsp3) is 0.240. The van der Waals surface area contributed by atoms with Crippen LogP contribution in [0.3, 0.4) is 0 Å². The van der Waals surface area contributed by atoms with Crippen molar-refractivity contribution < 1.29 is 18.3 Å². The molecule has 0 saturated carbocycles. The minimum Gasteiger partial charge on any atom is -0.466 e. The lowest BCUT2D eigenvalue weighted by Crippen LogP contribution is -2.25. The molecule has 2 aromatic carbocycles. The topological polar surface area (TPSA) is 98.1 Å². The first kappa shape index (κ1) is 26.2. The number of rotatable bonds is 10. The number of anilines is 2. The fourth-order valence-electron chi connectivity index (χ4n) is 2.97. The van der Waals surface area contributed by atoms with Crippen LogP contribution in [0, 0.1) is 0 Å². The van der Waals surface area contributed by atoms with E-state index in [2.05, 4.69) is 30.0 Å². The number of carbonyl (C=O) groups excluding carboxylic acids is 1. The molecule has 0 bridgehead atoms. The predicted octanol–water partition coefficient (Wildman–Crippen LogP) is 4.08. The van der Waals surface area contributed by atoms with Gasteiger partial charge in [-0.3, -0.25) is 4.79 Å². The standard InChI is InChI=1S/C19H21F2N7O2.C6H6/c1-19(20,21)14-3-5-16(6-4-14)28-10-15(25-12-28)9-22-17-23-11-24-18(26-17)27(2)7-8-30-13-29;1-2-4-6-5-3-1/h3-6,10-13H,7-9H2,1-2H3,(H,22,23,24,26);1-6H. The molecule has 0 aliphatic rings. The predicted molar refractivity (Wildman–Crippen MR) is 132 cm³/mol. The van der Waals surface area contributed by atoms with E-state index in [1.54, 1.807) is 41.2 Å². The van der Waals surface area contributed by atoms with Gasteiger partial charge in [0, 0.05) is 31.4 Å². The zero-order chi connectivity index (χ0) is 25.8. The normalized spacial score (nSPS) is 10.7. The van der Waals surface area contributed by atoms with Crippen LogP contribution in [0.15, 0.2) is 79.5 Å². The average molecular weight is 496 g/mol. The molecule has 188 valence electrons. The molecule has 11 heteroatoms. The number of nitrogens with one attached hydrogen (secondary N) is 1. The Hall–Kier alpha value is -4.41. The summed E-state index contributed by atoms with van der Waals surface area (Å²) < 4.78 is 33.1. The number of imidazole rings is 1. The number of nitrogens with zero attached hydrogens (tertiary/aromatic N) is 6. The number of ether oxygens (including phenoxy) is 1. The summed E-state index contributed by atoms with van der Waals surface area (Å²) in [6, 6.07) is 18.0. The monoisotopic (exact) mass is 495 g/mol. The van der Waals surface area contributed by atoms with Gasteiger partial charge in [-0.2, -0.15) is 4.98 Å². The minimum absolute atomic E-state index is 0.0402. The van der Waals surface area contributed by atoms with Gasteiger partial charge in [0.15, 0.2) is 0 Å². The lowest BCUT2D eigenvalue weighted by Gasteiger charge is -2.16. The first-order chi connectivity index (χ1) is 17.4. The molecule has 0 unspecified atom stereocenters. The van der Waals surface area contributed by atoms with Gasteiger partial charge in [0.2, 0.25) is 11.9 Å². The van der Waals surface area contributed by atoms with Gasteiger partial charge < -0.3 is 19.5 Å². The second-order valence-corrected chi connectivity index (χ2v) is 7.71. The lowest BCUT2D eigenvalue weighted by atomic mass is 10.1. The van der Waals surface area contributed by atoms with Crippen LogP contribution in [0.25, 0.3) is 5.69 Å². The second kappa shape index (κ2) is 12.9. The molecule has 1 N–H and O–H groups in total. The highest BCUT2D eigenvalue weighted by Gasteiger charge is 2.23. The first-order valence-corrected chi connectivity index (χ1v) is 11.1. The van der Waals surface area contributed by atoms with Gasteiger partial charge in [0.25, 0.3) is 12.4 Å². The molecule has 4 rings (SSSR count).